The molecule has 5 N–H and O–H groups in total. The summed E-state index contributed by atoms with van der Waals surface area (Å²) in [5.41, 5.74) is 4.16. The van der Waals surface area contributed by atoms with Crippen molar-refractivity contribution in [3.63, 3.8) is 0 Å². The highest BCUT2D eigenvalue weighted by molar-refractivity contribution is 5.99. The number of nitrogens with one attached hydrogen (secondary N) is 2. The molecule has 0 bridgehead atoms. The van der Waals surface area contributed by atoms with E-state index in [0.29, 0.717) is 19.4 Å². The van der Waals surface area contributed by atoms with Gasteiger partial charge in [-0.05, 0) is 24.3 Å². The molecule has 4 aromatic rings. The zero-order valence-corrected chi connectivity index (χ0v) is 19.5. The lowest BCUT2D eigenvalue weighted by Gasteiger charge is -2.22. The molecule has 3 aromatic carbocycles. The van der Waals surface area contributed by atoms with Gasteiger partial charge in [-0.15, -0.1) is 0 Å². The first-order chi connectivity index (χ1) is 17.4. The average Bonchev–Trinajstić information content (AvgIpc) is 3.41. The normalized spacial score (nSPS) is 13.9. The van der Waals surface area contributed by atoms with E-state index in [2.05, 4.69) is 10.6 Å². The molecule has 0 radical (unpaired) electrons. The van der Waals surface area contributed by atoms with Gasteiger partial charge >= 0.3 is 5.97 Å². The lowest BCUT2D eigenvalue weighted by molar-refractivity contribution is 0.0694. The molecule has 0 spiro atoms. The van der Waals surface area contributed by atoms with Crippen LogP contribution >= 0.6 is 0 Å². The SMILES string of the molecule is Nc1c(F)c(NCCNc2cccc3ccccc23)c(F)c2c1c(=O)c(C(=O)O)cn2C1CCCC1. The standard InChI is InChI=1S/C27H26F2N4O3/c28-21-23(30)20-25(33(16-8-2-3-9-16)14-18(26(20)34)27(35)36)22(29)24(21)32-13-12-31-19-11-5-7-15-6-1-4-10-17(15)19/h1,4-7,10-11,14,16,31-32H,2-3,8-9,12-13,30H2,(H,35,36). The molecule has 0 saturated heterocycles. The molecule has 9 heteroatoms. The number of aromatic nitrogens is 1. The molecule has 1 fully saturated rings. The molecule has 1 aliphatic rings. The van der Waals surface area contributed by atoms with Gasteiger partial charge in [-0.2, -0.15) is 0 Å². The van der Waals surface area contributed by atoms with Crippen molar-refractivity contribution in [2.45, 2.75) is 31.7 Å². The van der Waals surface area contributed by atoms with Gasteiger partial charge < -0.3 is 26.0 Å². The maximum Gasteiger partial charge on any atom is 0.341 e. The second-order valence-electron chi connectivity index (χ2n) is 9.04. The molecule has 1 aromatic heterocycles. The summed E-state index contributed by atoms with van der Waals surface area (Å²) in [7, 11) is 0. The van der Waals surface area contributed by atoms with E-state index in [1.807, 2.05) is 42.5 Å². The van der Waals surface area contributed by atoms with Crippen LogP contribution in [0.25, 0.3) is 21.7 Å². The van der Waals surface area contributed by atoms with E-state index in [1.54, 1.807) is 0 Å². The van der Waals surface area contributed by atoms with Gasteiger partial charge in [0.05, 0.1) is 16.6 Å². The lowest BCUT2D eigenvalue weighted by atomic mass is 10.1. The van der Waals surface area contributed by atoms with Crippen LogP contribution in [0.1, 0.15) is 42.1 Å². The molecule has 7 nitrogen and oxygen atoms in total. The Labute approximate surface area is 205 Å². The Morgan fingerprint density at radius 2 is 1.72 bits per heavy atom. The third-order valence-corrected chi connectivity index (χ3v) is 6.87. The molecule has 186 valence electrons. The number of anilines is 3. The average molecular weight is 493 g/mol. The van der Waals surface area contributed by atoms with Crippen molar-refractivity contribution in [3.8, 4) is 0 Å². The molecular formula is C27H26F2N4O3. The third kappa shape index (κ3) is 4.00. The minimum Gasteiger partial charge on any atom is -0.477 e. The van der Waals surface area contributed by atoms with Crippen LogP contribution in [0.2, 0.25) is 0 Å². The highest BCUT2D eigenvalue weighted by Crippen LogP contribution is 2.37. The van der Waals surface area contributed by atoms with Crippen LogP contribution in [-0.4, -0.2) is 28.7 Å². The number of benzene rings is 3. The highest BCUT2D eigenvalue weighted by Gasteiger charge is 2.28. The monoisotopic (exact) mass is 492 g/mol. The van der Waals surface area contributed by atoms with Crippen molar-refractivity contribution in [2.75, 3.05) is 29.5 Å². The van der Waals surface area contributed by atoms with Gasteiger partial charge in [0.25, 0.3) is 0 Å². The molecule has 0 atom stereocenters. The van der Waals surface area contributed by atoms with E-state index in [4.69, 9.17) is 5.73 Å². The fourth-order valence-corrected chi connectivity index (χ4v) is 5.11. The first-order valence-electron chi connectivity index (χ1n) is 11.9. The van der Waals surface area contributed by atoms with Crippen molar-refractivity contribution >= 4 is 44.7 Å². The van der Waals surface area contributed by atoms with Gasteiger partial charge in [-0.25, -0.2) is 13.6 Å². The number of nitrogens with two attached hydrogens (primary N) is 1. The van der Waals surface area contributed by atoms with Gasteiger partial charge in [0, 0.05) is 36.4 Å². The predicted octanol–water partition coefficient (Wildman–Crippen LogP) is 5.35. The van der Waals surface area contributed by atoms with Crippen LogP contribution in [0.3, 0.4) is 0 Å². The Bertz CT molecular complexity index is 1540. The van der Waals surface area contributed by atoms with E-state index < -0.39 is 45.4 Å². The Hall–Kier alpha value is -4.14. The summed E-state index contributed by atoms with van der Waals surface area (Å²) >= 11 is 0. The second-order valence-corrected chi connectivity index (χ2v) is 9.04. The summed E-state index contributed by atoms with van der Waals surface area (Å²) in [6.45, 7) is 0.529. The predicted molar refractivity (Wildman–Crippen MR) is 138 cm³/mol. The number of halogens is 2. The molecule has 0 aliphatic heterocycles. The number of fused-ring (bicyclic) bond motifs is 2. The number of hydrogen-bond donors (Lipinski definition) is 4. The van der Waals surface area contributed by atoms with Gasteiger partial charge in [0.15, 0.2) is 11.6 Å². The fraction of sp³-hybridized carbons (Fsp3) is 0.259. The number of carbonyl (C=O) groups is 1. The molecule has 0 unspecified atom stereocenters. The van der Waals surface area contributed by atoms with E-state index in [1.165, 1.54) is 4.57 Å². The minimum atomic E-state index is -1.46. The van der Waals surface area contributed by atoms with Crippen LogP contribution in [0.15, 0.2) is 53.5 Å². The lowest BCUT2D eigenvalue weighted by Crippen LogP contribution is -2.24. The fourth-order valence-electron chi connectivity index (χ4n) is 5.11. The first-order valence-corrected chi connectivity index (χ1v) is 11.9. The summed E-state index contributed by atoms with van der Waals surface area (Å²) in [5, 5.41) is 17.2. The van der Waals surface area contributed by atoms with Crippen LogP contribution < -0.4 is 21.8 Å². The van der Waals surface area contributed by atoms with E-state index in [-0.39, 0.29) is 18.1 Å². The Balaban J connectivity index is 1.49. The van der Waals surface area contributed by atoms with Crippen molar-refractivity contribution < 1.29 is 18.7 Å². The van der Waals surface area contributed by atoms with Gasteiger partial charge in [-0.1, -0.05) is 49.2 Å². The van der Waals surface area contributed by atoms with Gasteiger partial charge in [-0.3, -0.25) is 4.79 Å². The van der Waals surface area contributed by atoms with E-state index in [0.717, 1.165) is 35.5 Å². The zero-order chi connectivity index (χ0) is 25.4. The molecule has 36 heavy (non-hydrogen) atoms. The molecule has 1 aliphatic carbocycles. The minimum absolute atomic E-state index is 0.166. The maximum atomic E-state index is 15.8. The summed E-state index contributed by atoms with van der Waals surface area (Å²) in [6.07, 6.45) is 4.35. The molecule has 1 heterocycles. The molecule has 5 rings (SSSR count). The number of nitrogens with zero attached hydrogens (tertiary/aromatic N) is 1. The number of hydrogen-bond acceptors (Lipinski definition) is 5. The molecule has 0 amide bonds. The Morgan fingerprint density at radius 1 is 1.03 bits per heavy atom. The zero-order valence-electron chi connectivity index (χ0n) is 19.5. The number of rotatable bonds is 7. The van der Waals surface area contributed by atoms with Crippen molar-refractivity contribution in [1.82, 2.24) is 4.57 Å². The van der Waals surface area contributed by atoms with Crippen molar-refractivity contribution in [1.29, 1.82) is 0 Å². The summed E-state index contributed by atoms with van der Waals surface area (Å²) < 4.78 is 32.5. The van der Waals surface area contributed by atoms with Crippen molar-refractivity contribution in [3.05, 3.63) is 76.1 Å². The smallest absolute Gasteiger partial charge is 0.341 e. The first kappa shape index (κ1) is 23.6. The van der Waals surface area contributed by atoms with Crippen LogP contribution in [0.5, 0.6) is 0 Å². The van der Waals surface area contributed by atoms with Gasteiger partial charge in [0.1, 0.15) is 11.3 Å². The Kier molecular flexibility index (Phi) is 6.22. The maximum absolute atomic E-state index is 15.8. The summed E-state index contributed by atoms with van der Waals surface area (Å²) in [6, 6.07) is 13.5. The Morgan fingerprint density at radius 3 is 2.47 bits per heavy atom. The summed E-state index contributed by atoms with van der Waals surface area (Å²) in [5.74, 6) is -3.53. The number of carboxylic acid groups (broad SMARTS) is 1. The second kappa shape index (κ2) is 9.49. The topological polar surface area (TPSA) is 109 Å². The van der Waals surface area contributed by atoms with Crippen LogP contribution in [-0.2, 0) is 0 Å². The molecule has 1 saturated carbocycles. The number of aromatic carboxylic acids is 1. The van der Waals surface area contributed by atoms with E-state index >= 15 is 8.78 Å². The highest BCUT2D eigenvalue weighted by atomic mass is 19.1. The van der Waals surface area contributed by atoms with Crippen LogP contribution in [0.4, 0.5) is 25.8 Å². The summed E-state index contributed by atoms with van der Waals surface area (Å²) in [4.78, 5) is 24.6. The third-order valence-electron chi connectivity index (χ3n) is 6.87. The largest absolute Gasteiger partial charge is 0.477 e. The van der Waals surface area contributed by atoms with Crippen molar-refractivity contribution in [2.24, 2.45) is 0 Å². The molecular weight excluding hydrogens is 466 g/mol. The van der Waals surface area contributed by atoms with Gasteiger partial charge in [0.2, 0.25) is 5.43 Å². The number of pyridine rings is 1. The number of carboxylic acids is 1. The van der Waals surface area contributed by atoms with E-state index in [9.17, 15) is 14.7 Å². The number of nitrogen functional groups attached to an aromatic ring is 1. The van der Waals surface area contributed by atoms with Crippen LogP contribution in [0, 0.1) is 11.6 Å². The quantitative estimate of drug-likeness (QED) is 0.205.